The van der Waals surface area contributed by atoms with Crippen LogP contribution in [0.3, 0.4) is 0 Å². The van der Waals surface area contributed by atoms with Crippen molar-refractivity contribution in [2.24, 2.45) is 0 Å². The van der Waals surface area contributed by atoms with E-state index >= 15 is 0 Å². The maximum Gasteiger partial charge on any atom is 0.348 e. The quantitative estimate of drug-likeness (QED) is 0.431. The molecule has 2 aromatic rings. The number of aryl methyl sites for hydroxylation is 1. The molecule has 7 nitrogen and oxygen atoms in total. The van der Waals surface area contributed by atoms with Gasteiger partial charge in [0, 0.05) is 12.6 Å². The van der Waals surface area contributed by atoms with E-state index in [0.29, 0.717) is 52.0 Å². The van der Waals surface area contributed by atoms with Gasteiger partial charge in [-0.3, -0.25) is 9.69 Å². The summed E-state index contributed by atoms with van der Waals surface area (Å²) >= 11 is 1.17. The van der Waals surface area contributed by atoms with Crippen molar-refractivity contribution in [2.75, 3.05) is 13.2 Å². The monoisotopic (exact) mass is 417 g/mol. The molecular formula is C21H27N3O4S. The highest BCUT2D eigenvalue weighted by atomic mass is 32.1. The number of hydrogen-bond acceptors (Lipinski definition) is 7. The van der Waals surface area contributed by atoms with Gasteiger partial charge in [0.05, 0.1) is 18.0 Å². The molecule has 8 heteroatoms. The van der Waals surface area contributed by atoms with Crippen LogP contribution >= 0.6 is 11.3 Å². The molecule has 0 amide bonds. The Morgan fingerprint density at radius 2 is 2.21 bits per heavy atom. The number of aliphatic hydroxyl groups is 1. The predicted molar refractivity (Wildman–Crippen MR) is 114 cm³/mol. The molecule has 0 aromatic carbocycles. The zero-order valence-electron chi connectivity index (χ0n) is 16.6. The number of rotatable bonds is 11. The number of fused-ring (bicyclic) bond motifs is 1. The summed E-state index contributed by atoms with van der Waals surface area (Å²) in [5, 5.41) is 10.7. The Labute approximate surface area is 173 Å². The van der Waals surface area contributed by atoms with Gasteiger partial charge in [-0.1, -0.05) is 18.7 Å². The Bertz CT molecular complexity index is 961. The van der Waals surface area contributed by atoms with E-state index in [1.807, 2.05) is 0 Å². The maximum absolute atomic E-state index is 12.7. The van der Waals surface area contributed by atoms with E-state index in [2.05, 4.69) is 28.0 Å². The van der Waals surface area contributed by atoms with Crippen molar-refractivity contribution in [3.05, 3.63) is 51.9 Å². The standard InChI is InChI=1S/C21H27N3O4S/c1-4-6-7-15(25)11-24(14-8-9-14)12-16-22-19(26)17-13(3)18(29-20(17)23-16)21(27)28-10-5-2/h4-5,14-15,25H,1-2,6-12H2,3H3,(H,22,23,26). The van der Waals surface area contributed by atoms with Gasteiger partial charge < -0.3 is 14.8 Å². The Kier molecular flexibility index (Phi) is 7.00. The fraction of sp³-hybridized carbons (Fsp3) is 0.476. The lowest BCUT2D eigenvalue weighted by Gasteiger charge is -2.24. The predicted octanol–water partition coefficient (Wildman–Crippen LogP) is 2.93. The number of allylic oxidation sites excluding steroid dienone is 1. The average Bonchev–Trinajstić information content (AvgIpc) is 3.47. The van der Waals surface area contributed by atoms with Crippen LogP contribution in [-0.4, -0.2) is 51.2 Å². The van der Waals surface area contributed by atoms with Crippen LogP contribution in [-0.2, 0) is 11.3 Å². The number of thiophene rings is 1. The van der Waals surface area contributed by atoms with Gasteiger partial charge >= 0.3 is 5.97 Å². The zero-order valence-corrected chi connectivity index (χ0v) is 17.5. The molecule has 1 fully saturated rings. The molecule has 0 saturated heterocycles. The van der Waals surface area contributed by atoms with Crippen molar-refractivity contribution in [3.8, 4) is 0 Å². The van der Waals surface area contributed by atoms with E-state index in [0.717, 1.165) is 19.3 Å². The minimum atomic E-state index is -0.476. The van der Waals surface area contributed by atoms with Crippen molar-refractivity contribution < 1.29 is 14.6 Å². The normalized spacial score (nSPS) is 14.9. The number of ether oxygens (including phenoxy) is 1. The Hall–Kier alpha value is -2.29. The molecule has 2 N–H and O–H groups in total. The van der Waals surface area contributed by atoms with E-state index in [-0.39, 0.29) is 12.2 Å². The molecule has 0 bridgehead atoms. The third-order valence-corrected chi connectivity index (χ3v) is 6.10. The molecule has 1 aliphatic rings. The van der Waals surface area contributed by atoms with Crippen LogP contribution in [0.5, 0.6) is 0 Å². The van der Waals surface area contributed by atoms with Crippen molar-refractivity contribution in [3.63, 3.8) is 0 Å². The number of carbonyl (C=O) groups excluding carboxylic acids is 1. The van der Waals surface area contributed by atoms with Crippen LogP contribution in [0.25, 0.3) is 10.2 Å². The van der Waals surface area contributed by atoms with Gasteiger partial charge in [-0.05, 0) is 38.2 Å². The number of carbonyl (C=O) groups is 1. The largest absolute Gasteiger partial charge is 0.457 e. The molecule has 1 aliphatic carbocycles. The minimum absolute atomic E-state index is 0.117. The van der Waals surface area contributed by atoms with Crippen LogP contribution in [0.15, 0.2) is 30.1 Å². The SMILES string of the molecule is C=CCCC(O)CN(Cc1nc2sc(C(=O)OCC=C)c(C)c2c(=O)[nH]1)C1CC1. The van der Waals surface area contributed by atoms with Gasteiger partial charge in [0.2, 0.25) is 0 Å². The van der Waals surface area contributed by atoms with Crippen molar-refractivity contribution >= 4 is 27.5 Å². The summed E-state index contributed by atoms with van der Waals surface area (Å²) in [6, 6.07) is 0.406. The van der Waals surface area contributed by atoms with Gasteiger partial charge in [0.25, 0.3) is 5.56 Å². The first-order valence-electron chi connectivity index (χ1n) is 9.77. The molecule has 1 saturated carbocycles. The third kappa shape index (κ3) is 5.20. The van der Waals surface area contributed by atoms with Gasteiger partial charge in [-0.15, -0.1) is 17.9 Å². The molecule has 3 rings (SSSR count). The Balaban J connectivity index is 1.82. The molecule has 2 aromatic heterocycles. The number of H-pyrrole nitrogens is 1. The molecule has 156 valence electrons. The second kappa shape index (κ2) is 9.47. The molecule has 0 aliphatic heterocycles. The molecular weight excluding hydrogens is 390 g/mol. The van der Waals surface area contributed by atoms with Gasteiger partial charge in [-0.2, -0.15) is 0 Å². The lowest BCUT2D eigenvalue weighted by Crippen LogP contribution is -2.35. The zero-order chi connectivity index (χ0) is 21.0. The number of aromatic amines is 1. The number of aromatic nitrogens is 2. The number of nitrogens with one attached hydrogen (secondary N) is 1. The average molecular weight is 418 g/mol. The van der Waals surface area contributed by atoms with Crippen LogP contribution in [0.1, 0.15) is 46.7 Å². The smallest absolute Gasteiger partial charge is 0.348 e. The lowest BCUT2D eigenvalue weighted by molar-refractivity contribution is 0.0554. The number of hydrogen-bond donors (Lipinski definition) is 2. The van der Waals surface area contributed by atoms with E-state index in [9.17, 15) is 14.7 Å². The van der Waals surface area contributed by atoms with E-state index in [1.165, 1.54) is 17.4 Å². The van der Waals surface area contributed by atoms with Crippen molar-refractivity contribution in [1.29, 1.82) is 0 Å². The summed E-state index contributed by atoms with van der Waals surface area (Å²) < 4.78 is 5.11. The third-order valence-electron chi connectivity index (χ3n) is 4.93. The molecule has 1 atom stereocenters. The van der Waals surface area contributed by atoms with Crippen LogP contribution in [0.4, 0.5) is 0 Å². The summed E-state index contributed by atoms with van der Waals surface area (Å²) in [7, 11) is 0. The van der Waals surface area contributed by atoms with Gasteiger partial charge in [0.15, 0.2) is 0 Å². The van der Waals surface area contributed by atoms with Crippen molar-refractivity contribution in [2.45, 2.75) is 51.3 Å². The highest BCUT2D eigenvalue weighted by molar-refractivity contribution is 7.20. The first-order valence-corrected chi connectivity index (χ1v) is 10.6. The maximum atomic E-state index is 12.7. The molecule has 0 radical (unpaired) electrons. The highest BCUT2D eigenvalue weighted by Gasteiger charge is 2.31. The lowest BCUT2D eigenvalue weighted by atomic mass is 10.2. The summed E-state index contributed by atoms with van der Waals surface area (Å²) in [6.45, 7) is 10.1. The summed E-state index contributed by atoms with van der Waals surface area (Å²) in [4.78, 5) is 35.4. The number of nitrogens with zero attached hydrogens (tertiary/aromatic N) is 2. The fourth-order valence-electron chi connectivity index (χ4n) is 3.31. The summed E-state index contributed by atoms with van der Waals surface area (Å²) in [6.07, 6.45) is 6.44. The van der Waals surface area contributed by atoms with Crippen molar-refractivity contribution in [1.82, 2.24) is 14.9 Å². The van der Waals surface area contributed by atoms with Crippen LogP contribution in [0.2, 0.25) is 0 Å². The minimum Gasteiger partial charge on any atom is -0.457 e. The molecule has 0 spiro atoms. The Morgan fingerprint density at radius 3 is 2.86 bits per heavy atom. The highest BCUT2D eigenvalue weighted by Crippen LogP contribution is 2.30. The summed E-state index contributed by atoms with van der Waals surface area (Å²) in [5.41, 5.74) is 0.322. The molecule has 2 heterocycles. The molecule has 1 unspecified atom stereocenters. The van der Waals surface area contributed by atoms with Crippen LogP contribution < -0.4 is 5.56 Å². The number of esters is 1. The Morgan fingerprint density at radius 1 is 1.45 bits per heavy atom. The molecule has 29 heavy (non-hydrogen) atoms. The first kappa shape index (κ1) is 21.4. The van der Waals surface area contributed by atoms with E-state index in [4.69, 9.17) is 4.74 Å². The summed E-state index contributed by atoms with van der Waals surface area (Å²) in [5.74, 6) is 0.0638. The van der Waals surface area contributed by atoms with E-state index in [1.54, 1.807) is 13.0 Å². The second-order valence-electron chi connectivity index (χ2n) is 7.32. The van der Waals surface area contributed by atoms with Gasteiger partial charge in [0.1, 0.15) is 22.1 Å². The van der Waals surface area contributed by atoms with Crippen LogP contribution in [0, 0.1) is 6.92 Å². The fourth-order valence-corrected chi connectivity index (χ4v) is 4.40. The second-order valence-corrected chi connectivity index (χ2v) is 8.32. The topological polar surface area (TPSA) is 95.5 Å². The number of aliphatic hydroxyl groups excluding tert-OH is 1. The van der Waals surface area contributed by atoms with E-state index < -0.39 is 12.1 Å². The van der Waals surface area contributed by atoms with Gasteiger partial charge in [-0.25, -0.2) is 9.78 Å². The first-order chi connectivity index (χ1) is 13.9.